The number of methoxy groups -OCH3 is 2. The van der Waals surface area contributed by atoms with Crippen LogP contribution < -0.4 is 9.47 Å². The number of thiophene rings is 1. The Morgan fingerprint density at radius 1 is 1.12 bits per heavy atom. The number of rotatable bonds is 7. The third-order valence-electron chi connectivity index (χ3n) is 3.49. The van der Waals surface area contributed by atoms with Crippen molar-refractivity contribution in [3.8, 4) is 21.4 Å². The van der Waals surface area contributed by atoms with Crippen molar-refractivity contribution < 1.29 is 23.8 Å². The molecule has 3 aromatic rings. The lowest BCUT2D eigenvalue weighted by atomic mass is 10.1. The van der Waals surface area contributed by atoms with Crippen LogP contribution >= 0.6 is 22.7 Å². The summed E-state index contributed by atoms with van der Waals surface area (Å²) < 4.78 is 15.4. The number of carbonyl (C=O) groups excluding carboxylic acids is 2. The van der Waals surface area contributed by atoms with Crippen molar-refractivity contribution in [2.45, 2.75) is 0 Å². The summed E-state index contributed by atoms with van der Waals surface area (Å²) in [6, 6.07) is 8.70. The summed E-state index contributed by atoms with van der Waals surface area (Å²) in [5.41, 5.74) is 0.473. The van der Waals surface area contributed by atoms with Crippen LogP contribution in [0.3, 0.4) is 0 Å². The van der Waals surface area contributed by atoms with Gasteiger partial charge in [0.2, 0.25) is 5.78 Å². The van der Waals surface area contributed by atoms with Crippen molar-refractivity contribution in [1.29, 1.82) is 0 Å². The van der Waals surface area contributed by atoms with Gasteiger partial charge in [-0.25, -0.2) is 9.78 Å². The van der Waals surface area contributed by atoms with Crippen LogP contribution in [0.2, 0.25) is 0 Å². The number of ether oxygens (including phenoxy) is 3. The molecule has 0 aliphatic carbocycles. The van der Waals surface area contributed by atoms with Gasteiger partial charge < -0.3 is 14.2 Å². The van der Waals surface area contributed by atoms with Crippen LogP contribution in [0.4, 0.5) is 0 Å². The predicted molar refractivity (Wildman–Crippen MR) is 99.6 cm³/mol. The molecule has 0 saturated heterocycles. The number of esters is 1. The van der Waals surface area contributed by atoms with Crippen LogP contribution in [-0.2, 0) is 4.74 Å². The summed E-state index contributed by atoms with van der Waals surface area (Å²) in [6.07, 6.45) is 0. The molecule has 0 atom stereocenters. The van der Waals surface area contributed by atoms with Crippen molar-refractivity contribution in [3.63, 3.8) is 0 Å². The molecule has 0 aliphatic rings. The number of carbonyl (C=O) groups is 2. The Kier molecular flexibility index (Phi) is 5.65. The van der Waals surface area contributed by atoms with E-state index in [9.17, 15) is 9.59 Å². The van der Waals surface area contributed by atoms with Gasteiger partial charge in [-0.05, 0) is 29.6 Å². The van der Waals surface area contributed by atoms with E-state index in [1.54, 1.807) is 34.9 Å². The molecule has 0 N–H and O–H groups in total. The zero-order valence-corrected chi connectivity index (χ0v) is 15.7. The Morgan fingerprint density at radius 3 is 2.65 bits per heavy atom. The van der Waals surface area contributed by atoms with Gasteiger partial charge in [0.1, 0.15) is 16.5 Å². The standard InChI is InChI=1S/C18H15NO5S2/c1-22-11-5-6-15(23-2)12(8-11)14(20)9-24-18(21)13-10-26-17(19-13)16-4-3-7-25-16/h3-8,10H,9H2,1-2H3. The van der Waals surface area contributed by atoms with Crippen molar-refractivity contribution in [2.24, 2.45) is 0 Å². The maximum Gasteiger partial charge on any atom is 0.358 e. The predicted octanol–water partition coefficient (Wildman–Crippen LogP) is 3.93. The molecule has 2 heterocycles. The van der Waals surface area contributed by atoms with Gasteiger partial charge in [0, 0.05) is 5.38 Å². The second kappa shape index (κ2) is 8.11. The first-order valence-electron chi connectivity index (χ1n) is 7.54. The van der Waals surface area contributed by atoms with E-state index in [4.69, 9.17) is 14.2 Å². The van der Waals surface area contributed by atoms with E-state index in [2.05, 4.69) is 4.98 Å². The number of hydrogen-bond acceptors (Lipinski definition) is 8. The summed E-state index contributed by atoms with van der Waals surface area (Å²) in [5.74, 6) is -0.122. The average molecular weight is 389 g/mol. The number of aromatic nitrogens is 1. The first-order chi connectivity index (χ1) is 12.6. The van der Waals surface area contributed by atoms with Gasteiger partial charge in [-0.3, -0.25) is 4.79 Å². The fourth-order valence-electron chi connectivity index (χ4n) is 2.20. The lowest BCUT2D eigenvalue weighted by Crippen LogP contribution is -2.15. The van der Waals surface area contributed by atoms with Crippen LogP contribution in [-0.4, -0.2) is 37.6 Å². The maximum absolute atomic E-state index is 12.4. The number of hydrogen-bond donors (Lipinski definition) is 0. The van der Waals surface area contributed by atoms with Gasteiger partial charge in [0.25, 0.3) is 0 Å². The van der Waals surface area contributed by atoms with Gasteiger partial charge in [-0.15, -0.1) is 22.7 Å². The van der Waals surface area contributed by atoms with Crippen LogP contribution in [0, 0.1) is 0 Å². The third-order valence-corrected chi connectivity index (χ3v) is 5.37. The minimum atomic E-state index is -0.640. The smallest absolute Gasteiger partial charge is 0.358 e. The molecule has 0 radical (unpaired) electrons. The third kappa shape index (κ3) is 3.92. The van der Waals surface area contributed by atoms with Crippen molar-refractivity contribution >= 4 is 34.4 Å². The fraction of sp³-hybridized carbons (Fsp3) is 0.167. The Balaban J connectivity index is 1.67. The average Bonchev–Trinajstić information content (AvgIpc) is 3.36. The molecule has 26 heavy (non-hydrogen) atoms. The topological polar surface area (TPSA) is 74.7 Å². The summed E-state index contributed by atoms with van der Waals surface area (Å²) >= 11 is 2.89. The Labute approximate surface area is 158 Å². The van der Waals surface area contributed by atoms with Gasteiger partial charge in [-0.2, -0.15) is 0 Å². The molecule has 0 fully saturated rings. The molecule has 2 aromatic heterocycles. The lowest BCUT2D eigenvalue weighted by molar-refractivity contribution is 0.0469. The molecule has 0 saturated carbocycles. The zero-order chi connectivity index (χ0) is 18.5. The normalized spacial score (nSPS) is 10.4. The molecule has 0 bridgehead atoms. The minimum Gasteiger partial charge on any atom is -0.497 e. The van der Waals surface area contributed by atoms with Crippen LogP contribution in [0.1, 0.15) is 20.8 Å². The van der Waals surface area contributed by atoms with E-state index < -0.39 is 12.6 Å². The van der Waals surface area contributed by atoms with Gasteiger partial charge in [0.05, 0.1) is 24.7 Å². The van der Waals surface area contributed by atoms with Crippen LogP contribution in [0.25, 0.3) is 9.88 Å². The van der Waals surface area contributed by atoms with Crippen LogP contribution in [0.15, 0.2) is 41.1 Å². The summed E-state index contributed by atoms with van der Waals surface area (Å²) in [4.78, 5) is 29.8. The molecule has 0 spiro atoms. The highest BCUT2D eigenvalue weighted by molar-refractivity contribution is 7.20. The number of thiazole rings is 1. The number of benzene rings is 1. The monoisotopic (exact) mass is 389 g/mol. The molecule has 134 valence electrons. The number of ketones is 1. The van der Waals surface area contributed by atoms with E-state index in [0.717, 1.165) is 9.88 Å². The highest BCUT2D eigenvalue weighted by Crippen LogP contribution is 2.28. The zero-order valence-electron chi connectivity index (χ0n) is 14.1. The highest BCUT2D eigenvalue weighted by atomic mass is 32.1. The number of Topliss-reactive ketones (excluding diaryl/α,β-unsaturated/α-hetero) is 1. The van der Waals surface area contributed by atoms with Gasteiger partial charge in [0.15, 0.2) is 12.3 Å². The van der Waals surface area contributed by atoms with E-state index in [1.807, 2.05) is 17.5 Å². The first-order valence-corrected chi connectivity index (χ1v) is 9.30. The van der Waals surface area contributed by atoms with Crippen molar-refractivity contribution in [2.75, 3.05) is 20.8 Å². The highest BCUT2D eigenvalue weighted by Gasteiger charge is 2.18. The second-order valence-corrected chi connectivity index (χ2v) is 6.89. The molecular formula is C18H15NO5S2. The number of nitrogens with zero attached hydrogens (tertiary/aromatic N) is 1. The Bertz CT molecular complexity index is 918. The SMILES string of the molecule is COc1ccc(OC)c(C(=O)COC(=O)c2csc(-c3cccs3)n2)c1. The fourth-order valence-corrected chi connectivity index (χ4v) is 3.80. The molecule has 8 heteroatoms. The molecule has 3 rings (SSSR count). The maximum atomic E-state index is 12.4. The Morgan fingerprint density at radius 2 is 1.96 bits per heavy atom. The van der Waals surface area contributed by atoms with E-state index in [0.29, 0.717) is 11.5 Å². The van der Waals surface area contributed by atoms with Crippen molar-refractivity contribution in [1.82, 2.24) is 4.98 Å². The van der Waals surface area contributed by atoms with Gasteiger partial charge in [-0.1, -0.05) is 6.07 Å². The van der Waals surface area contributed by atoms with Crippen molar-refractivity contribution in [3.05, 3.63) is 52.3 Å². The van der Waals surface area contributed by atoms with Gasteiger partial charge >= 0.3 is 5.97 Å². The molecule has 1 aromatic carbocycles. The largest absolute Gasteiger partial charge is 0.497 e. The minimum absolute atomic E-state index is 0.184. The van der Waals surface area contributed by atoms with E-state index >= 15 is 0 Å². The summed E-state index contributed by atoms with van der Waals surface area (Å²) in [7, 11) is 2.97. The van der Waals surface area contributed by atoms with E-state index in [1.165, 1.54) is 25.6 Å². The quantitative estimate of drug-likeness (QED) is 0.450. The summed E-state index contributed by atoms with van der Waals surface area (Å²) in [5, 5.41) is 4.30. The molecule has 0 amide bonds. The molecular weight excluding hydrogens is 374 g/mol. The molecule has 0 unspecified atom stereocenters. The summed E-state index contributed by atoms with van der Waals surface area (Å²) in [6.45, 7) is -0.409. The van der Waals surface area contributed by atoms with Crippen LogP contribution in [0.5, 0.6) is 11.5 Å². The first kappa shape index (κ1) is 18.1. The lowest BCUT2D eigenvalue weighted by Gasteiger charge is -2.09. The van der Waals surface area contributed by atoms with E-state index in [-0.39, 0.29) is 17.0 Å². The molecule has 0 aliphatic heterocycles. The second-order valence-electron chi connectivity index (χ2n) is 5.08. The Hall–Kier alpha value is -2.71. The molecule has 6 nitrogen and oxygen atoms in total.